The minimum Gasteiger partial charge on any atom is -0.493 e. The Morgan fingerprint density at radius 2 is 2.17 bits per heavy atom. The number of hydrogen-bond donors (Lipinski definition) is 2. The van der Waals surface area contributed by atoms with Crippen molar-refractivity contribution in [3.05, 3.63) is 34.5 Å². The molecule has 1 unspecified atom stereocenters. The molecule has 1 aliphatic rings. The van der Waals surface area contributed by atoms with Crippen molar-refractivity contribution in [1.29, 1.82) is 0 Å². The zero-order valence-electron chi connectivity index (χ0n) is 16.2. The summed E-state index contributed by atoms with van der Waals surface area (Å²) in [4.78, 5) is 21.4. The van der Waals surface area contributed by atoms with Crippen LogP contribution in [0.4, 0.5) is 11.8 Å². The second kappa shape index (κ2) is 9.15. The topological polar surface area (TPSA) is 120 Å². The fourth-order valence-electron chi connectivity index (χ4n) is 3.25. The van der Waals surface area contributed by atoms with Crippen molar-refractivity contribution in [2.75, 3.05) is 44.1 Å². The first-order valence-electron chi connectivity index (χ1n) is 9.06. The maximum absolute atomic E-state index is 10.8. The SMILES string of the molecule is COc1cc(C2COCCCN2c2cc(C)nc(N)n2)c(Cl)cc1OCC(=O)O. The second-order valence-corrected chi connectivity index (χ2v) is 6.98. The van der Waals surface area contributed by atoms with Crippen molar-refractivity contribution in [3.8, 4) is 11.5 Å². The molecule has 2 heterocycles. The lowest BCUT2D eigenvalue weighted by Gasteiger charge is -2.32. The molecule has 1 aliphatic heterocycles. The Morgan fingerprint density at radius 1 is 1.38 bits per heavy atom. The molecule has 0 amide bonds. The number of anilines is 2. The first-order chi connectivity index (χ1) is 13.9. The summed E-state index contributed by atoms with van der Waals surface area (Å²) in [5, 5.41) is 9.27. The Balaban J connectivity index is 2.01. The summed E-state index contributed by atoms with van der Waals surface area (Å²) in [7, 11) is 1.48. The van der Waals surface area contributed by atoms with Crippen LogP contribution in [0.3, 0.4) is 0 Å². The van der Waals surface area contributed by atoms with Gasteiger partial charge in [-0.05, 0) is 25.0 Å². The molecule has 10 heteroatoms. The lowest BCUT2D eigenvalue weighted by Crippen LogP contribution is -2.32. The molecule has 0 spiro atoms. The van der Waals surface area contributed by atoms with Gasteiger partial charge in [0.05, 0.1) is 19.8 Å². The smallest absolute Gasteiger partial charge is 0.341 e. The van der Waals surface area contributed by atoms with Crippen LogP contribution in [0, 0.1) is 6.92 Å². The zero-order valence-corrected chi connectivity index (χ0v) is 17.0. The highest BCUT2D eigenvalue weighted by atomic mass is 35.5. The van der Waals surface area contributed by atoms with Crippen LogP contribution in [0.15, 0.2) is 18.2 Å². The van der Waals surface area contributed by atoms with Crippen LogP contribution in [-0.4, -0.2) is 54.5 Å². The van der Waals surface area contributed by atoms with Crippen molar-refractivity contribution in [3.63, 3.8) is 0 Å². The maximum Gasteiger partial charge on any atom is 0.341 e. The Morgan fingerprint density at radius 3 is 2.86 bits per heavy atom. The van der Waals surface area contributed by atoms with Gasteiger partial charge >= 0.3 is 5.97 Å². The van der Waals surface area contributed by atoms with E-state index in [0.29, 0.717) is 36.3 Å². The van der Waals surface area contributed by atoms with Crippen LogP contribution in [-0.2, 0) is 9.53 Å². The van der Waals surface area contributed by atoms with E-state index < -0.39 is 12.6 Å². The average molecular weight is 423 g/mol. The molecule has 0 aliphatic carbocycles. The second-order valence-electron chi connectivity index (χ2n) is 6.57. The number of carbonyl (C=O) groups is 1. The largest absolute Gasteiger partial charge is 0.493 e. The Bertz CT molecular complexity index is 875. The van der Waals surface area contributed by atoms with Crippen LogP contribution in [0.5, 0.6) is 11.5 Å². The molecule has 156 valence electrons. The van der Waals surface area contributed by atoms with E-state index in [2.05, 4.69) is 14.9 Å². The van der Waals surface area contributed by atoms with E-state index in [-0.39, 0.29) is 17.7 Å². The molecule has 2 aromatic rings. The third kappa shape index (κ3) is 4.99. The molecule has 0 radical (unpaired) electrons. The van der Waals surface area contributed by atoms with Gasteiger partial charge in [0.25, 0.3) is 0 Å². The highest BCUT2D eigenvalue weighted by Gasteiger charge is 2.28. The predicted octanol–water partition coefficient (Wildman–Crippen LogP) is 2.46. The molecule has 0 bridgehead atoms. The van der Waals surface area contributed by atoms with Crippen LogP contribution < -0.4 is 20.1 Å². The molecule has 1 atom stereocenters. The molecule has 1 saturated heterocycles. The van der Waals surface area contributed by atoms with Gasteiger partial charge in [-0.1, -0.05) is 11.6 Å². The fourth-order valence-corrected chi connectivity index (χ4v) is 3.53. The number of carboxylic acid groups (broad SMARTS) is 1. The van der Waals surface area contributed by atoms with E-state index in [4.69, 9.17) is 36.7 Å². The van der Waals surface area contributed by atoms with E-state index in [1.807, 2.05) is 13.0 Å². The van der Waals surface area contributed by atoms with Gasteiger partial charge < -0.3 is 30.0 Å². The van der Waals surface area contributed by atoms with Crippen molar-refractivity contribution in [1.82, 2.24) is 9.97 Å². The molecule has 3 N–H and O–H groups in total. The minimum absolute atomic E-state index is 0.199. The molecule has 1 fully saturated rings. The van der Waals surface area contributed by atoms with Crippen molar-refractivity contribution in [2.24, 2.45) is 0 Å². The third-order valence-electron chi connectivity index (χ3n) is 4.48. The summed E-state index contributed by atoms with van der Waals surface area (Å²) >= 11 is 6.55. The lowest BCUT2D eigenvalue weighted by molar-refractivity contribution is -0.139. The van der Waals surface area contributed by atoms with Crippen LogP contribution >= 0.6 is 11.6 Å². The number of aromatic nitrogens is 2. The van der Waals surface area contributed by atoms with Gasteiger partial charge in [-0.2, -0.15) is 4.98 Å². The van der Waals surface area contributed by atoms with E-state index >= 15 is 0 Å². The minimum atomic E-state index is -1.09. The lowest BCUT2D eigenvalue weighted by atomic mass is 10.0. The average Bonchev–Trinajstić information content (AvgIpc) is 2.91. The Hall–Kier alpha value is -2.78. The molecule has 3 rings (SSSR count). The molecule has 1 aromatic heterocycles. The number of methoxy groups -OCH3 is 1. The molecule has 9 nitrogen and oxygen atoms in total. The summed E-state index contributed by atoms with van der Waals surface area (Å²) < 4.78 is 16.5. The van der Waals surface area contributed by atoms with Crippen molar-refractivity contribution >= 4 is 29.3 Å². The van der Waals surface area contributed by atoms with Crippen molar-refractivity contribution < 1.29 is 24.1 Å². The van der Waals surface area contributed by atoms with Crippen LogP contribution in [0.25, 0.3) is 0 Å². The first kappa shape index (κ1) is 20.9. The van der Waals surface area contributed by atoms with E-state index in [0.717, 1.165) is 17.7 Å². The standard InChI is InChI=1S/C19H23ClN4O5/c1-11-6-17(23-19(21)22-11)24-4-3-5-28-9-14(24)12-7-15(27-2)16(8-13(12)20)29-10-18(25)26/h6-8,14H,3-5,9-10H2,1-2H3,(H,25,26)(H2,21,22,23). The molecular weight excluding hydrogens is 400 g/mol. The summed E-state index contributed by atoms with van der Waals surface area (Å²) in [5.41, 5.74) is 7.37. The Labute approximate surface area is 173 Å². The summed E-state index contributed by atoms with van der Waals surface area (Å²) in [6.07, 6.45) is 0.814. The molecule has 29 heavy (non-hydrogen) atoms. The van der Waals surface area contributed by atoms with Gasteiger partial charge in [-0.25, -0.2) is 9.78 Å². The number of rotatable bonds is 6. The number of aliphatic carboxylic acids is 1. The van der Waals surface area contributed by atoms with E-state index in [1.165, 1.54) is 7.11 Å². The van der Waals surface area contributed by atoms with Crippen LogP contribution in [0.2, 0.25) is 5.02 Å². The normalized spacial score (nSPS) is 16.9. The summed E-state index contributed by atoms with van der Waals surface area (Å²) in [5.74, 6) is 0.434. The number of ether oxygens (including phenoxy) is 3. The number of nitrogens with zero attached hydrogens (tertiary/aromatic N) is 3. The van der Waals surface area contributed by atoms with Crippen molar-refractivity contribution in [2.45, 2.75) is 19.4 Å². The number of benzene rings is 1. The van der Waals surface area contributed by atoms with E-state index in [9.17, 15) is 4.79 Å². The maximum atomic E-state index is 10.8. The fraction of sp³-hybridized carbons (Fsp3) is 0.421. The number of nitrogens with two attached hydrogens (primary N) is 1. The number of nitrogen functional groups attached to an aromatic ring is 1. The monoisotopic (exact) mass is 422 g/mol. The summed E-state index contributed by atoms with van der Waals surface area (Å²) in [6.45, 7) is 3.05. The highest BCUT2D eigenvalue weighted by Crippen LogP contribution is 2.39. The highest BCUT2D eigenvalue weighted by molar-refractivity contribution is 6.31. The van der Waals surface area contributed by atoms with Gasteiger partial charge in [0, 0.05) is 36.0 Å². The molecule has 0 saturated carbocycles. The number of halogens is 1. The van der Waals surface area contributed by atoms with Gasteiger partial charge in [-0.3, -0.25) is 0 Å². The third-order valence-corrected chi connectivity index (χ3v) is 4.81. The van der Waals surface area contributed by atoms with E-state index in [1.54, 1.807) is 12.1 Å². The number of hydrogen-bond acceptors (Lipinski definition) is 8. The number of carboxylic acids is 1. The van der Waals surface area contributed by atoms with Gasteiger partial charge in [0.1, 0.15) is 5.82 Å². The zero-order chi connectivity index (χ0) is 21.0. The number of aryl methyl sites for hydroxylation is 1. The van der Waals surface area contributed by atoms with Gasteiger partial charge in [0.15, 0.2) is 18.1 Å². The quantitative estimate of drug-likeness (QED) is 0.722. The van der Waals surface area contributed by atoms with Crippen LogP contribution in [0.1, 0.15) is 23.7 Å². The first-order valence-corrected chi connectivity index (χ1v) is 9.44. The molecule has 1 aromatic carbocycles. The Kier molecular flexibility index (Phi) is 6.60. The van der Waals surface area contributed by atoms with Gasteiger partial charge in [-0.15, -0.1) is 0 Å². The van der Waals surface area contributed by atoms with Gasteiger partial charge in [0.2, 0.25) is 5.95 Å². The molecular formula is C19H23ClN4O5. The summed E-state index contributed by atoms with van der Waals surface area (Å²) in [6, 6.07) is 4.91. The predicted molar refractivity (Wildman–Crippen MR) is 108 cm³/mol.